The van der Waals surface area contributed by atoms with Gasteiger partial charge in [0.2, 0.25) is 0 Å². The van der Waals surface area contributed by atoms with E-state index in [-0.39, 0.29) is 17.9 Å². The molecule has 1 aliphatic rings. The topological polar surface area (TPSA) is 55.8 Å². The van der Waals surface area contributed by atoms with Gasteiger partial charge >= 0.3 is 12.1 Å². The number of halogens is 3. The van der Waals surface area contributed by atoms with Gasteiger partial charge in [-0.2, -0.15) is 13.2 Å². The third kappa shape index (κ3) is 3.74. The molecule has 3 atom stereocenters. The second-order valence-electron chi connectivity index (χ2n) is 7.13. The highest BCUT2D eigenvalue weighted by Gasteiger charge is 2.64. The molecule has 26 heavy (non-hydrogen) atoms. The predicted octanol–water partition coefficient (Wildman–Crippen LogP) is 3.96. The van der Waals surface area contributed by atoms with Crippen molar-refractivity contribution in [3.8, 4) is 0 Å². The Morgan fingerprint density at radius 1 is 1.27 bits per heavy atom. The molecule has 146 valence electrons. The highest BCUT2D eigenvalue weighted by atomic mass is 19.4. The first kappa shape index (κ1) is 20.7. The van der Waals surface area contributed by atoms with Crippen LogP contribution in [0.2, 0.25) is 0 Å². The first-order valence-electron chi connectivity index (χ1n) is 8.67. The van der Waals surface area contributed by atoms with Crippen LogP contribution in [0.25, 0.3) is 0 Å². The fourth-order valence-electron chi connectivity index (χ4n) is 3.48. The number of carbonyl (C=O) groups excluding carboxylic acids is 1. The lowest BCUT2D eigenvalue weighted by Crippen LogP contribution is -2.53. The molecule has 7 heteroatoms. The number of hydrogen-bond acceptors (Lipinski definition) is 4. The van der Waals surface area contributed by atoms with Gasteiger partial charge in [-0.3, -0.25) is 0 Å². The largest absolute Gasteiger partial charge is 0.460 e. The average Bonchev–Trinajstić information content (AvgIpc) is 2.55. The van der Waals surface area contributed by atoms with Crippen LogP contribution in [-0.4, -0.2) is 36.1 Å². The van der Waals surface area contributed by atoms with E-state index in [1.54, 1.807) is 6.07 Å². The van der Waals surface area contributed by atoms with E-state index in [0.29, 0.717) is 19.3 Å². The molecule has 0 spiro atoms. The molecule has 0 amide bonds. The van der Waals surface area contributed by atoms with Gasteiger partial charge < -0.3 is 14.6 Å². The third-order valence-electron chi connectivity index (χ3n) is 5.24. The molecular weight excluding hydrogens is 349 g/mol. The maximum Gasteiger partial charge on any atom is 0.432 e. The van der Waals surface area contributed by atoms with Crippen molar-refractivity contribution in [1.29, 1.82) is 0 Å². The Balaban J connectivity index is 2.31. The molecule has 2 rings (SSSR count). The molecule has 0 bridgehead atoms. The standard InChI is InChI=1S/C19H25F3O4/c1-13(2)17(24)11-7-10-15(12-17)26-16(23)18(25-3,19(20,21)22)14-8-5-4-6-9-14/h4-6,8-9,13,15,24H,7,10-12H2,1-3H3/t15?,17-,18?/m1/s1. The smallest absolute Gasteiger partial charge is 0.432 e. The van der Waals surface area contributed by atoms with Crippen molar-refractivity contribution in [2.24, 2.45) is 5.92 Å². The molecule has 1 saturated carbocycles. The summed E-state index contributed by atoms with van der Waals surface area (Å²) in [7, 11) is 0.840. The van der Waals surface area contributed by atoms with Gasteiger partial charge in [-0.15, -0.1) is 0 Å². The lowest BCUT2D eigenvalue weighted by Gasteiger charge is -2.41. The number of aliphatic hydroxyl groups is 1. The van der Waals surface area contributed by atoms with Crippen molar-refractivity contribution in [2.75, 3.05) is 7.11 Å². The number of alkyl halides is 3. The van der Waals surface area contributed by atoms with Gasteiger partial charge in [0, 0.05) is 19.1 Å². The summed E-state index contributed by atoms with van der Waals surface area (Å²) in [5, 5.41) is 10.6. The number of hydrogen-bond donors (Lipinski definition) is 1. The van der Waals surface area contributed by atoms with Gasteiger partial charge in [-0.05, 0) is 25.2 Å². The molecule has 2 unspecified atom stereocenters. The summed E-state index contributed by atoms with van der Waals surface area (Å²) in [6.07, 6.45) is -4.15. The zero-order chi connectivity index (χ0) is 19.6. The van der Waals surface area contributed by atoms with Crippen LogP contribution in [0.5, 0.6) is 0 Å². The molecule has 1 aromatic carbocycles. The van der Waals surface area contributed by atoms with Crippen LogP contribution in [0.4, 0.5) is 13.2 Å². The van der Waals surface area contributed by atoms with Crippen molar-refractivity contribution in [1.82, 2.24) is 0 Å². The molecule has 1 aromatic rings. The zero-order valence-corrected chi connectivity index (χ0v) is 15.2. The van der Waals surface area contributed by atoms with Crippen molar-refractivity contribution >= 4 is 5.97 Å². The maximum absolute atomic E-state index is 13.9. The van der Waals surface area contributed by atoms with Crippen LogP contribution in [-0.2, 0) is 19.9 Å². The molecule has 1 aliphatic carbocycles. The minimum absolute atomic E-state index is 0.0899. The minimum atomic E-state index is -5.00. The lowest BCUT2D eigenvalue weighted by molar-refractivity contribution is -0.279. The van der Waals surface area contributed by atoms with Crippen LogP contribution in [0.1, 0.15) is 45.1 Å². The average molecular weight is 374 g/mol. The number of benzene rings is 1. The first-order valence-corrected chi connectivity index (χ1v) is 8.67. The summed E-state index contributed by atoms with van der Waals surface area (Å²) >= 11 is 0. The first-order chi connectivity index (χ1) is 12.1. The summed E-state index contributed by atoms with van der Waals surface area (Å²) < 4.78 is 51.6. The summed E-state index contributed by atoms with van der Waals surface area (Å²) in [6, 6.07) is 6.73. The SMILES string of the molecule is COC(C(=O)OC1CCC[C@](O)(C(C)C)C1)(c1ccccc1)C(F)(F)F. The highest BCUT2D eigenvalue weighted by molar-refractivity contribution is 5.82. The Morgan fingerprint density at radius 3 is 2.38 bits per heavy atom. The normalized spacial score (nSPS) is 26.4. The fraction of sp³-hybridized carbons (Fsp3) is 0.632. The number of rotatable bonds is 5. The van der Waals surface area contributed by atoms with Crippen molar-refractivity contribution < 1.29 is 32.5 Å². The van der Waals surface area contributed by atoms with E-state index in [4.69, 9.17) is 9.47 Å². The third-order valence-corrected chi connectivity index (χ3v) is 5.24. The zero-order valence-electron chi connectivity index (χ0n) is 15.2. The minimum Gasteiger partial charge on any atom is -0.460 e. The van der Waals surface area contributed by atoms with Crippen molar-refractivity contribution in [2.45, 2.75) is 63.0 Å². The molecule has 0 heterocycles. The Labute approximate surface area is 151 Å². The maximum atomic E-state index is 13.9. The van der Waals surface area contributed by atoms with E-state index in [2.05, 4.69) is 0 Å². The van der Waals surface area contributed by atoms with Crippen LogP contribution in [0.15, 0.2) is 30.3 Å². The van der Waals surface area contributed by atoms with E-state index >= 15 is 0 Å². The Kier molecular flexibility index (Phi) is 6.02. The van der Waals surface area contributed by atoms with Crippen LogP contribution < -0.4 is 0 Å². The predicted molar refractivity (Wildman–Crippen MR) is 89.3 cm³/mol. The highest BCUT2D eigenvalue weighted by Crippen LogP contribution is 2.44. The van der Waals surface area contributed by atoms with E-state index in [1.807, 2.05) is 13.8 Å². The molecule has 1 N–H and O–H groups in total. The van der Waals surface area contributed by atoms with Gasteiger partial charge in [0.05, 0.1) is 5.60 Å². The molecule has 0 aliphatic heterocycles. The lowest BCUT2D eigenvalue weighted by atomic mass is 9.76. The number of methoxy groups -OCH3 is 1. The van der Waals surface area contributed by atoms with E-state index in [9.17, 15) is 23.1 Å². The van der Waals surface area contributed by atoms with E-state index < -0.39 is 29.5 Å². The van der Waals surface area contributed by atoms with E-state index in [0.717, 1.165) is 7.11 Å². The summed E-state index contributed by atoms with van der Waals surface area (Å²) in [6.45, 7) is 3.67. The van der Waals surface area contributed by atoms with Gasteiger partial charge in [0.25, 0.3) is 5.60 Å². The van der Waals surface area contributed by atoms with Gasteiger partial charge in [0.15, 0.2) is 0 Å². The number of esters is 1. The molecule has 0 radical (unpaired) electrons. The number of ether oxygens (including phenoxy) is 2. The second-order valence-corrected chi connectivity index (χ2v) is 7.13. The van der Waals surface area contributed by atoms with Crippen molar-refractivity contribution in [3.63, 3.8) is 0 Å². The van der Waals surface area contributed by atoms with Crippen LogP contribution >= 0.6 is 0 Å². The van der Waals surface area contributed by atoms with Crippen molar-refractivity contribution in [3.05, 3.63) is 35.9 Å². The molecule has 0 saturated heterocycles. The summed E-state index contributed by atoms with van der Waals surface area (Å²) in [4.78, 5) is 12.6. The summed E-state index contributed by atoms with van der Waals surface area (Å²) in [5.74, 6) is -1.59. The summed E-state index contributed by atoms with van der Waals surface area (Å²) in [5.41, 5.74) is -4.58. The Morgan fingerprint density at radius 2 is 1.88 bits per heavy atom. The Hall–Kier alpha value is -1.60. The van der Waals surface area contributed by atoms with E-state index in [1.165, 1.54) is 24.3 Å². The molecule has 0 aromatic heterocycles. The van der Waals surface area contributed by atoms with Crippen LogP contribution in [0.3, 0.4) is 0 Å². The van der Waals surface area contributed by atoms with Gasteiger partial charge in [0.1, 0.15) is 6.10 Å². The molecule has 1 fully saturated rings. The van der Waals surface area contributed by atoms with Gasteiger partial charge in [-0.1, -0.05) is 44.2 Å². The second kappa shape index (κ2) is 7.56. The molecular formula is C19H25F3O4. The van der Waals surface area contributed by atoms with Crippen LogP contribution in [0, 0.1) is 5.92 Å². The quantitative estimate of drug-likeness (QED) is 0.793. The molecule has 4 nitrogen and oxygen atoms in total. The number of carbonyl (C=O) groups is 1. The monoisotopic (exact) mass is 374 g/mol. The Bertz CT molecular complexity index is 617. The van der Waals surface area contributed by atoms with Gasteiger partial charge in [-0.25, -0.2) is 4.79 Å². The fourth-order valence-corrected chi connectivity index (χ4v) is 3.48.